The Hall–Kier alpha value is -3.93. The Morgan fingerprint density at radius 1 is 1.07 bits per heavy atom. The Morgan fingerprint density at radius 3 is 2.53 bits per heavy atom. The third kappa shape index (κ3) is 3.67. The summed E-state index contributed by atoms with van der Waals surface area (Å²) in [5.41, 5.74) is 1.76. The minimum atomic E-state index is -0.698. The first-order valence-electron chi connectivity index (χ1n) is 9.16. The van der Waals surface area contributed by atoms with Gasteiger partial charge < -0.3 is 14.2 Å². The topological polar surface area (TPSA) is 61.8 Å². The van der Waals surface area contributed by atoms with Crippen molar-refractivity contribution >= 4 is 17.8 Å². The van der Waals surface area contributed by atoms with E-state index in [9.17, 15) is 14.0 Å². The molecule has 0 N–H and O–H groups in total. The van der Waals surface area contributed by atoms with Crippen molar-refractivity contribution < 1.29 is 28.2 Å². The zero-order valence-electron chi connectivity index (χ0n) is 16.3. The van der Waals surface area contributed by atoms with Gasteiger partial charge in [0.25, 0.3) is 0 Å². The minimum Gasteiger partial charge on any atom is -0.497 e. The molecule has 4 rings (SSSR count). The maximum absolute atomic E-state index is 13.4. The van der Waals surface area contributed by atoms with Crippen molar-refractivity contribution in [3.8, 4) is 17.2 Å². The maximum Gasteiger partial charge on any atom is 0.343 e. The summed E-state index contributed by atoms with van der Waals surface area (Å²) >= 11 is 0. The number of allylic oxidation sites excluding steroid dienone is 1. The smallest absolute Gasteiger partial charge is 0.343 e. The monoisotopic (exact) mass is 404 g/mol. The molecule has 3 aromatic rings. The molecular formula is C24H17FO5. The predicted molar refractivity (Wildman–Crippen MR) is 108 cm³/mol. The molecule has 30 heavy (non-hydrogen) atoms. The Morgan fingerprint density at radius 2 is 1.83 bits per heavy atom. The molecule has 150 valence electrons. The number of fused-ring (bicyclic) bond motifs is 1. The second-order valence-corrected chi connectivity index (χ2v) is 6.68. The first-order valence-corrected chi connectivity index (χ1v) is 9.16. The molecule has 0 radical (unpaired) electrons. The average molecular weight is 404 g/mol. The Labute approximate surface area is 172 Å². The molecule has 3 aromatic carbocycles. The van der Waals surface area contributed by atoms with Crippen LogP contribution in [-0.2, 0) is 0 Å². The minimum absolute atomic E-state index is 0.0898. The lowest BCUT2D eigenvalue weighted by atomic mass is 10.1. The van der Waals surface area contributed by atoms with Crippen molar-refractivity contribution in [3.63, 3.8) is 0 Å². The van der Waals surface area contributed by atoms with Crippen LogP contribution in [0.2, 0.25) is 0 Å². The van der Waals surface area contributed by atoms with Crippen molar-refractivity contribution in [2.45, 2.75) is 6.92 Å². The zero-order chi connectivity index (χ0) is 21.3. The summed E-state index contributed by atoms with van der Waals surface area (Å²) in [7, 11) is 1.58. The van der Waals surface area contributed by atoms with E-state index in [1.54, 1.807) is 38.3 Å². The fraction of sp³-hybridized carbons (Fsp3) is 0.0833. The van der Waals surface area contributed by atoms with Gasteiger partial charge in [-0.1, -0.05) is 18.2 Å². The van der Waals surface area contributed by atoms with E-state index in [1.807, 2.05) is 12.1 Å². The molecular weight excluding hydrogens is 387 g/mol. The van der Waals surface area contributed by atoms with Crippen LogP contribution < -0.4 is 14.2 Å². The van der Waals surface area contributed by atoms with Gasteiger partial charge >= 0.3 is 5.97 Å². The first kappa shape index (κ1) is 19.4. The fourth-order valence-electron chi connectivity index (χ4n) is 3.10. The summed E-state index contributed by atoms with van der Waals surface area (Å²) in [6.45, 7) is 1.69. The molecule has 0 fully saturated rings. The van der Waals surface area contributed by atoms with Gasteiger partial charge in [-0.25, -0.2) is 9.18 Å². The van der Waals surface area contributed by atoms with Gasteiger partial charge in [0, 0.05) is 5.56 Å². The van der Waals surface area contributed by atoms with E-state index in [1.165, 1.54) is 24.3 Å². The van der Waals surface area contributed by atoms with E-state index >= 15 is 0 Å². The molecule has 0 unspecified atom stereocenters. The van der Waals surface area contributed by atoms with Crippen LogP contribution in [0.3, 0.4) is 0 Å². The lowest BCUT2D eigenvalue weighted by Crippen LogP contribution is -2.09. The average Bonchev–Trinajstić information content (AvgIpc) is 3.07. The lowest BCUT2D eigenvalue weighted by Gasteiger charge is -2.10. The van der Waals surface area contributed by atoms with Crippen LogP contribution in [0.5, 0.6) is 17.2 Å². The highest BCUT2D eigenvalue weighted by molar-refractivity contribution is 6.15. The van der Waals surface area contributed by atoms with Gasteiger partial charge in [0.15, 0.2) is 5.76 Å². The van der Waals surface area contributed by atoms with Gasteiger partial charge in [-0.15, -0.1) is 0 Å². The van der Waals surface area contributed by atoms with E-state index in [2.05, 4.69) is 0 Å². The van der Waals surface area contributed by atoms with E-state index in [4.69, 9.17) is 14.2 Å². The van der Waals surface area contributed by atoms with Crippen molar-refractivity contribution in [1.29, 1.82) is 0 Å². The van der Waals surface area contributed by atoms with Crippen LogP contribution in [0.4, 0.5) is 4.39 Å². The molecule has 0 aromatic heterocycles. The molecule has 5 nitrogen and oxygen atoms in total. The van der Waals surface area contributed by atoms with Crippen LogP contribution in [0.15, 0.2) is 66.4 Å². The number of carbonyl (C=O) groups is 2. The number of hydrogen-bond donors (Lipinski definition) is 0. The number of ketones is 1. The second-order valence-electron chi connectivity index (χ2n) is 6.68. The van der Waals surface area contributed by atoms with Crippen LogP contribution in [0, 0.1) is 12.7 Å². The second kappa shape index (κ2) is 7.83. The number of hydrogen-bond acceptors (Lipinski definition) is 5. The van der Waals surface area contributed by atoms with Crippen molar-refractivity contribution in [2.24, 2.45) is 0 Å². The van der Waals surface area contributed by atoms with Gasteiger partial charge in [-0.2, -0.15) is 0 Å². The third-order valence-corrected chi connectivity index (χ3v) is 4.71. The molecule has 0 saturated carbocycles. The largest absolute Gasteiger partial charge is 0.497 e. The Bertz CT molecular complexity index is 1180. The maximum atomic E-state index is 13.4. The normalized spacial score (nSPS) is 13.7. The number of methoxy groups -OCH3 is 1. The summed E-state index contributed by atoms with van der Waals surface area (Å²) in [6, 6.07) is 15.5. The van der Waals surface area contributed by atoms with Gasteiger partial charge in [-0.05, 0) is 61.0 Å². The number of carbonyl (C=O) groups excluding carboxylic acids is 2. The molecule has 1 aliphatic rings. The van der Waals surface area contributed by atoms with E-state index in [-0.39, 0.29) is 22.9 Å². The lowest BCUT2D eigenvalue weighted by molar-refractivity contribution is 0.0732. The summed E-state index contributed by atoms with van der Waals surface area (Å²) in [4.78, 5) is 25.0. The molecule has 6 heteroatoms. The molecule has 0 spiro atoms. The van der Waals surface area contributed by atoms with Gasteiger partial charge in [0.1, 0.15) is 23.1 Å². The summed E-state index contributed by atoms with van der Waals surface area (Å²) in [5.74, 6) is -0.0300. The quantitative estimate of drug-likeness (QED) is 0.349. The van der Waals surface area contributed by atoms with E-state index in [0.29, 0.717) is 22.6 Å². The Balaban J connectivity index is 1.59. The van der Waals surface area contributed by atoms with E-state index < -0.39 is 11.8 Å². The number of Topliss-reactive ketones (excluding diaryl/α,β-unsaturated/α-hetero) is 1. The van der Waals surface area contributed by atoms with E-state index in [0.717, 1.165) is 11.6 Å². The number of benzene rings is 3. The SMILES string of the molecule is COc1ccc(/C=C2\Oc3c(ccc(OC(=O)c4cccc(F)c4)c3C)C2=O)cc1. The fourth-order valence-corrected chi connectivity index (χ4v) is 3.10. The van der Waals surface area contributed by atoms with Crippen molar-refractivity contribution in [1.82, 2.24) is 0 Å². The highest BCUT2D eigenvalue weighted by Gasteiger charge is 2.30. The highest BCUT2D eigenvalue weighted by atomic mass is 19.1. The molecule has 0 saturated heterocycles. The molecule has 0 amide bonds. The molecule has 0 bridgehead atoms. The molecule has 0 atom stereocenters. The van der Waals surface area contributed by atoms with Crippen molar-refractivity contribution in [3.05, 3.63) is 94.5 Å². The van der Waals surface area contributed by atoms with Crippen molar-refractivity contribution in [2.75, 3.05) is 7.11 Å². The molecule has 1 heterocycles. The highest BCUT2D eigenvalue weighted by Crippen LogP contribution is 2.39. The first-order chi connectivity index (χ1) is 14.5. The van der Waals surface area contributed by atoms with Gasteiger partial charge in [0.2, 0.25) is 5.78 Å². The molecule has 1 aliphatic heterocycles. The Kier molecular flexibility index (Phi) is 5.06. The van der Waals surface area contributed by atoms with Crippen LogP contribution >= 0.6 is 0 Å². The van der Waals surface area contributed by atoms with Crippen LogP contribution in [0.1, 0.15) is 31.8 Å². The van der Waals surface area contributed by atoms with Crippen LogP contribution in [0.25, 0.3) is 6.08 Å². The standard InChI is InChI=1S/C24H17FO5/c1-14-20(30-24(27)16-4-3-5-17(25)13-16)11-10-19-22(26)21(29-23(14)19)12-15-6-8-18(28-2)9-7-15/h3-13H,1-2H3/b21-12-. The predicted octanol–water partition coefficient (Wildman–Crippen LogP) is 4.98. The zero-order valence-corrected chi connectivity index (χ0v) is 16.3. The number of ether oxygens (including phenoxy) is 3. The number of esters is 1. The van der Waals surface area contributed by atoms with Gasteiger partial charge in [0.05, 0.1) is 18.2 Å². The number of halogens is 1. The summed E-state index contributed by atoms with van der Waals surface area (Å²) < 4.78 is 29.7. The van der Waals surface area contributed by atoms with Gasteiger partial charge in [-0.3, -0.25) is 4.79 Å². The summed E-state index contributed by atoms with van der Waals surface area (Å²) in [6.07, 6.45) is 1.64. The third-order valence-electron chi connectivity index (χ3n) is 4.71. The number of rotatable bonds is 4. The van der Waals surface area contributed by atoms with Crippen LogP contribution in [-0.4, -0.2) is 18.9 Å². The molecule has 0 aliphatic carbocycles. The summed E-state index contributed by atoms with van der Waals surface area (Å²) in [5, 5.41) is 0.